The zero-order valence-electron chi connectivity index (χ0n) is 37.5. The molecule has 0 saturated carbocycles. The number of nitrogens with zero attached hydrogens (tertiary/aromatic N) is 1. The summed E-state index contributed by atoms with van der Waals surface area (Å²) in [6.45, 7) is 6.77. The number of hydrogen-bond acceptors (Lipinski definition) is 1. The van der Waals surface area contributed by atoms with Crippen LogP contribution in [0.5, 0.6) is 0 Å². The molecule has 12 rings (SSSR count). The molecule has 0 unspecified atom stereocenters. The largest absolute Gasteiger partial charge is 0.310 e. The van der Waals surface area contributed by atoms with E-state index < -0.39 is 10.8 Å². The Morgan fingerprint density at radius 2 is 0.621 bits per heavy atom. The number of aryl methyl sites for hydroxylation is 3. The Morgan fingerprint density at radius 1 is 0.258 bits per heavy atom. The Bertz CT molecular complexity index is 3180. The molecule has 66 heavy (non-hydrogen) atoms. The van der Waals surface area contributed by atoms with Crippen LogP contribution in [-0.4, -0.2) is 0 Å². The predicted molar refractivity (Wildman–Crippen MR) is 275 cm³/mol. The molecule has 10 aromatic rings. The molecular formula is C65H49N. The van der Waals surface area contributed by atoms with Crippen LogP contribution in [0.3, 0.4) is 0 Å². The Morgan fingerprint density at radius 3 is 1.05 bits per heavy atom. The maximum Gasteiger partial charge on any atom is 0.0714 e. The molecule has 2 aliphatic rings. The van der Waals surface area contributed by atoms with Crippen molar-refractivity contribution in [2.45, 2.75) is 31.6 Å². The molecule has 0 N–H and O–H groups in total. The summed E-state index contributed by atoms with van der Waals surface area (Å²) in [6.07, 6.45) is 0. The lowest BCUT2D eigenvalue weighted by Crippen LogP contribution is -2.29. The van der Waals surface area contributed by atoms with E-state index in [9.17, 15) is 0 Å². The number of anilines is 3. The molecule has 0 radical (unpaired) electrons. The van der Waals surface area contributed by atoms with E-state index in [1.807, 2.05) is 0 Å². The van der Waals surface area contributed by atoms with Gasteiger partial charge in [0.2, 0.25) is 0 Å². The standard InChI is InChI=1S/C65H49N/c1-44-22-16-17-31-53(44)58-40-46(3)63(41-45(58)2)66(51-36-38-56-54-32-18-20-34-59(54)64(61(56)42-51,47-23-8-4-9-24-47)48-25-10-5-11-26-48)52-37-39-57-55-33-19-21-35-60(55)65(62(57)43-52,49-27-12-6-13-28-49)50-29-14-7-15-30-50/h4-43H,1-3H3. The lowest BCUT2D eigenvalue weighted by molar-refractivity contribution is 0.767. The SMILES string of the molecule is Cc1ccccc1-c1cc(C)c(N(c2ccc3c(c2)C(c2ccccc2)(c2ccccc2)c2ccccc2-3)c2ccc3c(c2)C(c2ccccc2)(c2ccccc2)c2ccccc2-3)cc1C. The van der Waals surface area contributed by atoms with E-state index >= 15 is 0 Å². The summed E-state index contributed by atoms with van der Waals surface area (Å²) in [7, 11) is 0. The minimum Gasteiger partial charge on any atom is -0.310 e. The third-order valence-corrected chi connectivity index (χ3v) is 14.6. The molecule has 0 heterocycles. The fourth-order valence-electron chi connectivity index (χ4n) is 11.8. The van der Waals surface area contributed by atoms with Crippen LogP contribution in [0.25, 0.3) is 33.4 Å². The van der Waals surface area contributed by atoms with Crippen molar-refractivity contribution in [3.05, 3.63) is 304 Å². The number of hydrogen-bond donors (Lipinski definition) is 0. The van der Waals surface area contributed by atoms with Gasteiger partial charge in [0, 0.05) is 17.1 Å². The van der Waals surface area contributed by atoms with E-state index in [0.29, 0.717) is 0 Å². The van der Waals surface area contributed by atoms with Crippen molar-refractivity contribution < 1.29 is 0 Å². The molecule has 0 spiro atoms. The quantitative estimate of drug-likeness (QED) is 0.147. The topological polar surface area (TPSA) is 3.24 Å². The second-order valence-electron chi connectivity index (χ2n) is 18.1. The Kier molecular flexibility index (Phi) is 9.36. The van der Waals surface area contributed by atoms with E-state index in [1.165, 1.54) is 94.6 Å². The Balaban J connectivity index is 1.16. The van der Waals surface area contributed by atoms with Gasteiger partial charge in [-0.15, -0.1) is 0 Å². The van der Waals surface area contributed by atoms with Crippen LogP contribution in [0.4, 0.5) is 17.1 Å². The average Bonchev–Trinajstić information content (AvgIpc) is 3.84. The third-order valence-electron chi connectivity index (χ3n) is 14.6. The number of benzene rings is 10. The van der Waals surface area contributed by atoms with Gasteiger partial charge in [-0.2, -0.15) is 0 Å². The summed E-state index contributed by atoms with van der Waals surface area (Å²) in [5.74, 6) is 0. The van der Waals surface area contributed by atoms with Crippen LogP contribution < -0.4 is 4.90 Å². The van der Waals surface area contributed by atoms with E-state index in [4.69, 9.17) is 0 Å². The van der Waals surface area contributed by atoms with Crippen molar-refractivity contribution in [3.8, 4) is 33.4 Å². The van der Waals surface area contributed by atoms with Gasteiger partial charge in [-0.05, 0) is 152 Å². The zero-order chi connectivity index (χ0) is 44.4. The predicted octanol–water partition coefficient (Wildman–Crippen LogP) is 16.5. The fourth-order valence-corrected chi connectivity index (χ4v) is 11.8. The van der Waals surface area contributed by atoms with Gasteiger partial charge in [0.05, 0.1) is 10.8 Å². The highest BCUT2D eigenvalue weighted by molar-refractivity contribution is 5.93. The molecule has 0 aromatic heterocycles. The third kappa shape index (κ3) is 5.79. The fraction of sp³-hybridized carbons (Fsp3) is 0.0769. The van der Waals surface area contributed by atoms with Crippen LogP contribution in [-0.2, 0) is 10.8 Å². The van der Waals surface area contributed by atoms with E-state index in [0.717, 1.165) is 17.1 Å². The highest BCUT2D eigenvalue weighted by Gasteiger charge is 2.48. The van der Waals surface area contributed by atoms with Crippen molar-refractivity contribution in [1.82, 2.24) is 0 Å². The molecule has 1 heteroatoms. The van der Waals surface area contributed by atoms with E-state index in [-0.39, 0.29) is 0 Å². The van der Waals surface area contributed by atoms with Crippen molar-refractivity contribution in [2.24, 2.45) is 0 Å². The summed E-state index contributed by atoms with van der Waals surface area (Å²) < 4.78 is 0. The molecule has 0 fully saturated rings. The second kappa shape index (κ2) is 15.6. The molecule has 0 atom stereocenters. The molecule has 0 amide bonds. The van der Waals surface area contributed by atoms with Crippen LogP contribution >= 0.6 is 0 Å². The first-order valence-electron chi connectivity index (χ1n) is 23.2. The monoisotopic (exact) mass is 843 g/mol. The van der Waals surface area contributed by atoms with Crippen LogP contribution in [0.15, 0.2) is 243 Å². The van der Waals surface area contributed by atoms with Crippen molar-refractivity contribution in [3.63, 3.8) is 0 Å². The highest BCUT2D eigenvalue weighted by Crippen LogP contribution is 2.59. The van der Waals surface area contributed by atoms with Gasteiger partial charge in [-0.1, -0.05) is 206 Å². The number of rotatable bonds is 8. The molecule has 314 valence electrons. The van der Waals surface area contributed by atoms with Crippen molar-refractivity contribution in [1.29, 1.82) is 0 Å². The summed E-state index contributed by atoms with van der Waals surface area (Å²) in [5.41, 5.74) is 23.9. The number of fused-ring (bicyclic) bond motifs is 6. The zero-order valence-corrected chi connectivity index (χ0v) is 37.5. The first kappa shape index (κ1) is 39.6. The lowest BCUT2D eigenvalue weighted by atomic mass is 9.67. The van der Waals surface area contributed by atoms with Gasteiger partial charge < -0.3 is 4.90 Å². The second-order valence-corrected chi connectivity index (χ2v) is 18.1. The summed E-state index contributed by atoms with van der Waals surface area (Å²) in [4.78, 5) is 2.54. The molecule has 0 aliphatic heterocycles. The molecule has 2 aliphatic carbocycles. The summed E-state index contributed by atoms with van der Waals surface area (Å²) >= 11 is 0. The first-order valence-corrected chi connectivity index (χ1v) is 23.2. The van der Waals surface area contributed by atoms with Gasteiger partial charge in [0.25, 0.3) is 0 Å². The van der Waals surface area contributed by atoms with E-state index in [1.54, 1.807) is 0 Å². The maximum absolute atomic E-state index is 2.54. The Labute approximate surface area is 389 Å². The van der Waals surface area contributed by atoms with Gasteiger partial charge in [0.1, 0.15) is 0 Å². The smallest absolute Gasteiger partial charge is 0.0714 e. The molecule has 10 aromatic carbocycles. The van der Waals surface area contributed by atoms with Gasteiger partial charge in [-0.25, -0.2) is 0 Å². The summed E-state index contributed by atoms with van der Waals surface area (Å²) in [5, 5.41) is 0. The van der Waals surface area contributed by atoms with Crippen molar-refractivity contribution >= 4 is 17.1 Å². The average molecular weight is 844 g/mol. The summed E-state index contributed by atoms with van der Waals surface area (Å²) in [6, 6.07) is 90.7. The van der Waals surface area contributed by atoms with Crippen LogP contribution in [0.1, 0.15) is 61.2 Å². The molecular weight excluding hydrogens is 795 g/mol. The van der Waals surface area contributed by atoms with Crippen LogP contribution in [0, 0.1) is 20.8 Å². The molecule has 0 bridgehead atoms. The highest BCUT2D eigenvalue weighted by atomic mass is 15.1. The molecule has 1 nitrogen and oxygen atoms in total. The Hall–Kier alpha value is -8.00. The molecule has 0 saturated heterocycles. The van der Waals surface area contributed by atoms with Crippen molar-refractivity contribution in [2.75, 3.05) is 4.90 Å². The minimum atomic E-state index is -0.537. The van der Waals surface area contributed by atoms with Gasteiger partial charge in [0.15, 0.2) is 0 Å². The van der Waals surface area contributed by atoms with Gasteiger partial charge >= 0.3 is 0 Å². The maximum atomic E-state index is 2.54. The first-order chi connectivity index (χ1) is 32.5. The normalized spacial score (nSPS) is 13.6. The van der Waals surface area contributed by atoms with Gasteiger partial charge in [-0.3, -0.25) is 0 Å². The lowest BCUT2D eigenvalue weighted by Gasteiger charge is -2.36. The minimum absolute atomic E-state index is 0.537. The van der Waals surface area contributed by atoms with Crippen LogP contribution in [0.2, 0.25) is 0 Å². The van der Waals surface area contributed by atoms with E-state index in [2.05, 4.69) is 268 Å².